The van der Waals surface area contributed by atoms with Crippen molar-refractivity contribution in [1.82, 2.24) is 16.0 Å². The summed E-state index contributed by atoms with van der Waals surface area (Å²) >= 11 is 0. The van der Waals surface area contributed by atoms with Gasteiger partial charge in [0.05, 0.1) is 0 Å². The van der Waals surface area contributed by atoms with E-state index >= 15 is 0 Å². The second-order valence-electron chi connectivity index (χ2n) is 8.03. The molecule has 0 radical (unpaired) electrons. The number of amides is 4. The molecular weight excluding hydrogens is 428 g/mol. The van der Waals surface area contributed by atoms with Crippen LogP contribution in [0.2, 0.25) is 0 Å². The van der Waals surface area contributed by atoms with Crippen LogP contribution in [-0.2, 0) is 28.9 Å². The van der Waals surface area contributed by atoms with E-state index in [1.54, 1.807) is 0 Å². The first-order valence-electron chi connectivity index (χ1n) is 11.3. The van der Waals surface area contributed by atoms with Gasteiger partial charge in [0.1, 0.15) is 12.1 Å². The topological polar surface area (TPSA) is 113 Å². The molecule has 3 rings (SSSR count). The number of nitrogens with one attached hydrogen (secondary N) is 3. The first-order chi connectivity index (χ1) is 16.5. The number of urea groups is 1. The number of rotatable bonds is 11. The van der Waals surface area contributed by atoms with Crippen molar-refractivity contribution in [2.45, 2.75) is 31.3 Å². The molecule has 176 valence electrons. The van der Waals surface area contributed by atoms with Gasteiger partial charge in [-0.15, -0.1) is 0 Å². The quantitative estimate of drug-likeness (QED) is 0.354. The van der Waals surface area contributed by atoms with Crippen molar-refractivity contribution >= 4 is 17.8 Å². The molecule has 5 N–H and O–H groups in total. The summed E-state index contributed by atoms with van der Waals surface area (Å²) in [6, 6.07) is 26.3. The molecular formula is C27H30N4O3. The Morgan fingerprint density at radius 1 is 0.647 bits per heavy atom. The Kier molecular flexibility index (Phi) is 9.22. The predicted octanol–water partition coefficient (Wildman–Crippen LogP) is 2.35. The molecule has 0 aliphatic heterocycles. The van der Waals surface area contributed by atoms with Crippen molar-refractivity contribution in [2.24, 2.45) is 5.73 Å². The van der Waals surface area contributed by atoms with Gasteiger partial charge in [0.2, 0.25) is 11.8 Å². The fraction of sp³-hybridized carbons (Fsp3) is 0.222. The maximum atomic E-state index is 13.1. The molecule has 0 saturated heterocycles. The molecule has 0 heterocycles. The van der Waals surface area contributed by atoms with Gasteiger partial charge in [-0.25, -0.2) is 4.79 Å². The molecule has 7 nitrogen and oxygen atoms in total. The SMILES string of the molecule is NC(=O)[C@H](Cc1ccccc1)NC(=O)[C@H](Cc1ccccc1)NC(=O)NCCc1ccccc1. The van der Waals surface area contributed by atoms with Crippen LogP contribution in [0.15, 0.2) is 91.0 Å². The summed E-state index contributed by atoms with van der Waals surface area (Å²) in [5, 5.41) is 8.26. The van der Waals surface area contributed by atoms with Gasteiger partial charge in [0.15, 0.2) is 0 Å². The highest BCUT2D eigenvalue weighted by molar-refractivity contribution is 5.91. The number of hydrogen-bond donors (Lipinski definition) is 4. The average Bonchev–Trinajstić information content (AvgIpc) is 2.85. The number of benzene rings is 3. The zero-order valence-corrected chi connectivity index (χ0v) is 18.9. The van der Waals surface area contributed by atoms with Gasteiger partial charge in [-0.2, -0.15) is 0 Å². The molecule has 3 aromatic rings. The Hall–Kier alpha value is -4.13. The number of nitrogens with two attached hydrogens (primary N) is 1. The van der Waals surface area contributed by atoms with Crippen LogP contribution in [0, 0.1) is 0 Å². The number of carbonyl (C=O) groups excluding carboxylic acids is 3. The van der Waals surface area contributed by atoms with E-state index in [0.29, 0.717) is 13.0 Å². The Balaban J connectivity index is 1.63. The van der Waals surface area contributed by atoms with Gasteiger partial charge in [0.25, 0.3) is 0 Å². The van der Waals surface area contributed by atoms with Crippen molar-refractivity contribution < 1.29 is 14.4 Å². The molecule has 0 unspecified atom stereocenters. The van der Waals surface area contributed by atoms with Crippen LogP contribution in [0.25, 0.3) is 0 Å². The second kappa shape index (κ2) is 12.8. The zero-order chi connectivity index (χ0) is 24.2. The Bertz CT molecular complexity index is 1060. The number of hydrogen-bond acceptors (Lipinski definition) is 3. The van der Waals surface area contributed by atoms with E-state index < -0.39 is 29.9 Å². The number of primary amides is 1. The minimum absolute atomic E-state index is 0.267. The average molecular weight is 459 g/mol. The molecule has 3 aromatic carbocycles. The highest BCUT2D eigenvalue weighted by Crippen LogP contribution is 2.07. The van der Waals surface area contributed by atoms with Gasteiger partial charge in [-0.3, -0.25) is 9.59 Å². The Labute approximate surface area is 199 Å². The Morgan fingerprint density at radius 3 is 1.62 bits per heavy atom. The molecule has 0 fully saturated rings. The Morgan fingerprint density at radius 2 is 1.12 bits per heavy atom. The lowest BCUT2D eigenvalue weighted by Crippen LogP contribution is -2.55. The highest BCUT2D eigenvalue weighted by atomic mass is 16.2. The van der Waals surface area contributed by atoms with Crippen molar-refractivity contribution in [3.05, 3.63) is 108 Å². The standard InChI is InChI=1S/C27H30N4O3/c28-25(32)23(18-21-12-6-2-7-13-21)30-26(33)24(19-22-14-8-3-9-15-22)31-27(34)29-17-16-20-10-4-1-5-11-20/h1-15,23-24H,16-19H2,(H2,28,32)(H,30,33)(H2,29,31,34)/t23-,24-/m0/s1. The fourth-order valence-electron chi connectivity index (χ4n) is 3.58. The minimum Gasteiger partial charge on any atom is -0.368 e. The third kappa shape index (κ3) is 8.09. The normalized spacial score (nSPS) is 12.2. The zero-order valence-electron chi connectivity index (χ0n) is 18.9. The summed E-state index contributed by atoms with van der Waals surface area (Å²) < 4.78 is 0. The van der Waals surface area contributed by atoms with Crippen LogP contribution in [0.3, 0.4) is 0 Å². The van der Waals surface area contributed by atoms with E-state index in [0.717, 1.165) is 16.7 Å². The molecule has 4 amide bonds. The maximum Gasteiger partial charge on any atom is 0.315 e. The molecule has 2 atom stereocenters. The van der Waals surface area contributed by atoms with E-state index in [1.807, 2.05) is 91.0 Å². The fourth-order valence-corrected chi connectivity index (χ4v) is 3.58. The van der Waals surface area contributed by atoms with Gasteiger partial charge in [0, 0.05) is 19.4 Å². The van der Waals surface area contributed by atoms with E-state index in [-0.39, 0.29) is 12.8 Å². The van der Waals surface area contributed by atoms with Crippen molar-refractivity contribution in [3.63, 3.8) is 0 Å². The van der Waals surface area contributed by atoms with Crippen LogP contribution >= 0.6 is 0 Å². The summed E-state index contributed by atoms with van der Waals surface area (Å²) in [5.41, 5.74) is 8.41. The van der Waals surface area contributed by atoms with E-state index in [9.17, 15) is 14.4 Å². The van der Waals surface area contributed by atoms with Gasteiger partial charge in [-0.05, 0) is 23.1 Å². The molecule has 34 heavy (non-hydrogen) atoms. The summed E-state index contributed by atoms with van der Waals surface area (Å²) in [4.78, 5) is 37.7. The lowest BCUT2D eigenvalue weighted by Gasteiger charge is -2.22. The second-order valence-corrected chi connectivity index (χ2v) is 8.03. The van der Waals surface area contributed by atoms with E-state index in [1.165, 1.54) is 0 Å². The largest absolute Gasteiger partial charge is 0.368 e. The minimum atomic E-state index is -0.892. The molecule has 0 aliphatic rings. The molecule has 0 aliphatic carbocycles. The van der Waals surface area contributed by atoms with E-state index in [2.05, 4.69) is 16.0 Å². The van der Waals surface area contributed by atoms with Crippen LogP contribution in [0.1, 0.15) is 16.7 Å². The third-order valence-electron chi connectivity index (χ3n) is 5.39. The molecule has 7 heteroatoms. The highest BCUT2D eigenvalue weighted by Gasteiger charge is 2.26. The van der Waals surface area contributed by atoms with Crippen molar-refractivity contribution in [3.8, 4) is 0 Å². The first-order valence-corrected chi connectivity index (χ1v) is 11.3. The van der Waals surface area contributed by atoms with Gasteiger partial charge < -0.3 is 21.7 Å². The summed E-state index contributed by atoms with van der Waals surface area (Å²) in [7, 11) is 0. The van der Waals surface area contributed by atoms with E-state index in [4.69, 9.17) is 5.73 Å². The number of carbonyl (C=O) groups is 3. The van der Waals surface area contributed by atoms with Crippen molar-refractivity contribution in [2.75, 3.05) is 6.54 Å². The maximum absolute atomic E-state index is 13.1. The molecule has 0 saturated carbocycles. The monoisotopic (exact) mass is 458 g/mol. The molecule has 0 spiro atoms. The molecule has 0 aromatic heterocycles. The van der Waals surface area contributed by atoms with Gasteiger partial charge in [-0.1, -0.05) is 91.0 Å². The summed E-state index contributed by atoms with van der Waals surface area (Å²) in [6.07, 6.45) is 1.21. The predicted molar refractivity (Wildman–Crippen MR) is 132 cm³/mol. The smallest absolute Gasteiger partial charge is 0.315 e. The first kappa shape index (κ1) is 24.5. The van der Waals surface area contributed by atoms with Crippen molar-refractivity contribution in [1.29, 1.82) is 0 Å². The van der Waals surface area contributed by atoms with Crippen LogP contribution in [-0.4, -0.2) is 36.5 Å². The molecule has 0 bridgehead atoms. The lowest BCUT2D eigenvalue weighted by molar-refractivity contribution is -0.128. The lowest BCUT2D eigenvalue weighted by atomic mass is 10.0. The van der Waals surface area contributed by atoms with Crippen LogP contribution < -0.4 is 21.7 Å². The van der Waals surface area contributed by atoms with Gasteiger partial charge >= 0.3 is 6.03 Å². The summed E-state index contributed by atoms with van der Waals surface area (Å²) in [6.45, 7) is 0.424. The summed E-state index contributed by atoms with van der Waals surface area (Å²) in [5.74, 6) is -1.11. The van der Waals surface area contributed by atoms with Crippen LogP contribution in [0.4, 0.5) is 4.79 Å². The third-order valence-corrected chi connectivity index (χ3v) is 5.39. The van der Waals surface area contributed by atoms with Crippen LogP contribution in [0.5, 0.6) is 0 Å².